The lowest BCUT2D eigenvalue weighted by Gasteiger charge is -2.28. The average Bonchev–Trinajstić information content (AvgIpc) is 3.10. The van der Waals surface area contributed by atoms with E-state index in [1.165, 1.54) is 6.42 Å². The fourth-order valence-electron chi connectivity index (χ4n) is 3.10. The predicted octanol–water partition coefficient (Wildman–Crippen LogP) is 3.73. The zero-order valence-electron chi connectivity index (χ0n) is 16.4. The summed E-state index contributed by atoms with van der Waals surface area (Å²) in [5, 5.41) is 10.2. The van der Waals surface area contributed by atoms with Gasteiger partial charge in [0.25, 0.3) is 0 Å². The highest BCUT2D eigenvalue weighted by molar-refractivity contribution is 8.00. The van der Waals surface area contributed by atoms with Crippen LogP contribution in [0.3, 0.4) is 0 Å². The Morgan fingerprint density at radius 3 is 2.45 bits per heavy atom. The second-order valence-corrected chi connectivity index (χ2v) is 8.40. The highest BCUT2D eigenvalue weighted by Gasteiger charge is 2.30. The maximum atomic E-state index is 12.4. The van der Waals surface area contributed by atoms with Crippen molar-refractivity contribution in [3.8, 4) is 5.69 Å². The third kappa shape index (κ3) is 5.65. The maximum Gasteiger partial charge on any atom is 0.405 e. The minimum Gasteiger partial charge on any atom is -0.346 e. The summed E-state index contributed by atoms with van der Waals surface area (Å²) in [6.45, 7) is 3.95. The molecule has 29 heavy (non-hydrogen) atoms. The summed E-state index contributed by atoms with van der Waals surface area (Å²) in [6.07, 6.45) is -1.13. The number of halogens is 3. The first-order valence-corrected chi connectivity index (χ1v) is 10.4. The van der Waals surface area contributed by atoms with Gasteiger partial charge in [0, 0.05) is 13.1 Å². The zero-order chi connectivity index (χ0) is 21.0. The summed E-state index contributed by atoms with van der Waals surface area (Å²) < 4.78 is 39.0. The van der Waals surface area contributed by atoms with E-state index in [0.29, 0.717) is 11.1 Å². The molecule has 3 rings (SSSR count). The van der Waals surface area contributed by atoms with Crippen molar-refractivity contribution in [3.05, 3.63) is 29.8 Å². The molecule has 6 nitrogen and oxygen atoms in total. The molecule has 0 saturated carbocycles. The molecule has 1 unspecified atom stereocenters. The summed E-state index contributed by atoms with van der Waals surface area (Å²) in [4.78, 5) is 14.3. The number of hydrogen-bond acceptors (Lipinski definition) is 5. The van der Waals surface area contributed by atoms with Gasteiger partial charge in [0.15, 0.2) is 5.16 Å². The highest BCUT2D eigenvalue weighted by atomic mass is 32.2. The molecule has 2 aromatic rings. The van der Waals surface area contributed by atoms with Crippen LogP contribution >= 0.6 is 11.8 Å². The number of rotatable bonds is 6. The average molecular weight is 427 g/mol. The molecule has 1 amide bonds. The number of aromatic nitrogens is 3. The number of alkyl halides is 3. The van der Waals surface area contributed by atoms with E-state index < -0.39 is 23.9 Å². The molecule has 1 atom stereocenters. The number of anilines is 1. The SMILES string of the molecule is Cc1ccc(-n2c(SC(C)C(=O)NCC(F)(F)F)nnc2N2CCCCC2)cc1. The van der Waals surface area contributed by atoms with Crippen molar-refractivity contribution in [1.82, 2.24) is 20.1 Å². The molecular formula is C19H24F3N5OS. The second kappa shape index (κ2) is 9.06. The van der Waals surface area contributed by atoms with Crippen molar-refractivity contribution in [2.45, 2.75) is 49.7 Å². The number of nitrogens with one attached hydrogen (secondary N) is 1. The topological polar surface area (TPSA) is 63.1 Å². The summed E-state index contributed by atoms with van der Waals surface area (Å²) in [6, 6.07) is 7.85. The lowest BCUT2D eigenvalue weighted by atomic mass is 10.1. The van der Waals surface area contributed by atoms with Crippen molar-refractivity contribution in [2.75, 3.05) is 24.5 Å². The van der Waals surface area contributed by atoms with Crippen LogP contribution in [0, 0.1) is 6.92 Å². The van der Waals surface area contributed by atoms with Crippen molar-refractivity contribution >= 4 is 23.6 Å². The van der Waals surface area contributed by atoms with Gasteiger partial charge in [-0.1, -0.05) is 29.5 Å². The number of thioether (sulfide) groups is 1. The van der Waals surface area contributed by atoms with Gasteiger partial charge in [-0.3, -0.25) is 9.36 Å². The van der Waals surface area contributed by atoms with E-state index in [1.807, 2.05) is 41.1 Å². The summed E-state index contributed by atoms with van der Waals surface area (Å²) >= 11 is 1.10. The third-order valence-corrected chi connectivity index (χ3v) is 5.70. The Balaban J connectivity index is 1.85. The Morgan fingerprint density at radius 1 is 1.17 bits per heavy atom. The Kier molecular flexibility index (Phi) is 6.71. The molecular weight excluding hydrogens is 403 g/mol. The normalized spacial score (nSPS) is 16.0. The zero-order valence-corrected chi connectivity index (χ0v) is 17.2. The predicted molar refractivity (Wildman–Crippen MR) is 107 cm³/mol. The fourth-order valence-corrected chi connectivity index (χ4v) is 3.99. The van der Waals surface area contributed by atoms with Gasteiger partial charge in [-0.25, -0.2) is 0 Å². The quantitative estimate of drug-likeness (QED) is 0.712. The van der Waals surface area contributed by atoms with Gasteiger partial charge in [-0.2, -0.15) is 13.2 Å². The summed E-state index contributed by atoms with van der Waals surface area (Å²) in [5.41, 5.74) is 1.96. The van der Waals surface area contributed by atoms with Gasteiger partial charge < -0.3 is 10.2 Å². The fraction of sp³-hybridized carbons (Fsp3) is 0.526. The van der Waals surface area contributed by atoms with Gasteiger partial charge in [0.05, 0.1) is 10.9 Å². The number of nitrogens with zero attached hydrogens (tertiary/aromatic N) is 4. The monoisotopic (exact) mass is 427 g/mol. The first-order chi connectivity index (χ1) is 13.7. The van der Waals surface area contributed by atoms with Crippen LogP contribution in [0.5, 0.6) is 0 Å². The molecule has 1 fully saturated rings. The third-order valence-electron chi connectivity index (χ3n) is 4.66. The van der Waals surface area contributed by atoms with Crippen LogP contribution < -0.4 is 10.2 Å². The molecule has 2 heterocycles. The lowest BCUT2D eigenvalue weighted by Crippen LogP contribution is -2.38. The summed E-state index contributed by atoms with van der Waals surface area (Å²) in [7, 11) is 0. The van der Waals surface area contributed by atoms with E-state index in [2.05, 4.69) is 15.1 Å². The van der Waals surface area contributed by atoms with Crippen LogP contribution in [0.25, 0.3) is 5.69 Å². The largest absolute Gasteiger partial charge is 0.405 e. The number of amides is 1. The highest BCUT2D eigenvalue weighted by Crippen LogP contribution is 2.30. The molecule has 0 bridgehead atoms. The number of hydrogen-bond donors (Lipinski definition) is 1. The van der Waals surface area contributed by atoms with Crippen molar-refractivity contribution in [2.24, 2.45) is 0 Å². The first-order valence-electron chi connectivity index (χ1n) is 9.53. The molecule has 0 radical (unpaired) electrons. The molecule has 1 aromatic heterocycles. The van der Waals surface area contributed by atoms with Crippen molar-refractivity contribution < 1.29 is 18.0 Å². The lowest BCUT2D eigenvalue weighted by molar-refractivity contribution is -0.137. The molecule has 0 aliphatic carbocycles. The Bertz CT molecular complexity index is 831. The van der Waals surface area contributed by atoms with Gasteiger partial charge >= 0.3 is 6.18 Å². The second-order valence-electron chi connectivity index (χ2n) is 7.09. The molecule has 1 saturated heterocycles. The van der Waals surface area contributed by atoms with Crippen LogP contribution in [-0.4, -0.2) is 51.7 Å². The number of carbonyl (C=O) groups excluding carboxylic acids is 1. The number of benzene rings is 1. The molecule has 158 valence electrons. The van der Waals surface area contributed by atoms with E-state index in [-0.39, 0.29) is 0 Å². The van der Waals surface area contributed by atoms with Crippen LogP contribution in [0.1, 0.15) is 31.7 Å². The minimum absolute atomic E-state index is 0.476. The smallest absolute Gasteiger partial charge is 0.346 e. The van der Waals surface area contributed by atoms with E-state index in [9.17, 15) is 18.0 Å². The van der Waals surface area contributed by atoms with Gasteiger partial charge in [-0.05, 0) is 45.2 Å². The standard InChI is InChI=1S/C19H24F3N5OS/c1-13-6-8-15(9-7-13)27-17(26-10-4-3-5-11-26)24-25-18(27)29-14(2)16(28)23-12-19(20,21)22/h6-9,14H,3-5,10-12H2,1-2H3,(H,23,28). The van der Waals surface area contributed by atoms with Gasteiger partial charge in [0.2, 0.25) is 11.9 Å². The van der Waals surface area contributed by atoms with Crippen LogP contribution in [0.2, 0.25) is 0 Å². The number of piperidine rings is 1. The number of aryl methyl sites for hydroxylation is 1. The van der Waals surface area contributed by atoms with Gasteiger partial charge in [0.1, 0.15) is 6.54 Å². The van der Waals surface area contributed by atoms with E-state index in [0.717, 1.165) is 48.9 Å². The van der Waals surface area contributed by atoms with Crippen LogP contribution in [0.15, 0.2) is 29.4 Å². The van der Waals surface area contributed by atoms with Gasteiger partial charge in [-0.15, -0.1) is 10.2 Å². The molecule has 1 aromatic carbocycles. The van der Waals surface area contributed by atoms with Crippen LogP contribution in [-0.2, 0) is 4.79 Å². The molecule has 1 aliphatic heterocycles. The molecule has 1 N–H and O–H groups in total. The van der Waals surface area contributed by atoms with E-state index >= 15 is 0 Å². The number of carbonyl (C=O) groups is 1. The van der Waals surface area contributed by atoms with E-state index in [4.69, 9.17) is 0 Å². The van der Waals surface area contributed by atoms with Crippen LogP contribution in [0.4, 0.5) is 19.1 Å². The minimum atomic E-state index is -4.44. The molecule has 1 aliphatic rings. The molecule has 10 heteroatoms. The Hall–Kier alpha value is -2.23. The summed E-state index contributed by atoms with van der Waals surface area (Å²) in [5.74, 6) is 0.00394. The Labute approximate surface area is 171 Å². The van der Waals surface area contributed by atoms with Crippen molar-refractivity contribution in [3.63, 3.8) is 0 Å². The van der Waals surface area contributed by atoms with Crippen molar-refractivity contribution in [1.29, 1.82) is 0 Å². The molecule has 0 spiro atoms. The first kappa shape index (κ1) is 21.5. The van der Waals surface area contributed by atoms with E-state index in [1.54, 1.807) is 6.92 Å². The Morgan fingerprint density at radius 2 is 1.83 bits per heavy atom. The maximum absolute atomic E-state index is 12.4.